The normalized spacial score (nSPS) is 12.5. The van der Waals surface area contributed by atoms with Crippen molar-refractivity contribution in [2.24, 2.45) is 11.7 Å². The summed E-state index contributed by atoms with van der Waals surface area (Å²) in [4.78, 5) is 11.6. The van der Waals surface area contributed by atoms with Crippen molar-refractivity contribution in [3.63, 3.8) is 0 Å². The zero-order chi connectivity index (χ0) is 11.4. The van der Waals surface area contributed by atoms with Crippen LogP contribution < -0.4 is 11.1 Å². The van der Waals surface area contributed by atoms with Crippen LogP contribution in [0.2, 0.25) is 0 Å². The molecule has 0 unspecified atom stereocenters. The van der Waals surface area contributed by atoms with Crippen molar-refractivity contribution in [1.82, 2.24) is 0 Å². The average molecular weight is 208 g/mol. The van der Waals surface area contributed by atoms with Crippen LogP contribution in [0.25, 0.3) is 0 Å². The molecule has 82 valence electrons. The largest absolute Gasteiger partial charge is 0.506 e. The number of rotatable bonds is 3. The topological polar surface area (TPSA) is 75.4 Å². The molecule has 0 aliphatic heterocycles. The van der Waals surface area contributed by atoms with Crippen LogP contribution in [-0.4, -0.2) is 17.1 Å². The van der Waals surface area contributed by atoms with Crippen LogP contribution in [-0.2, 0) is 4.79 Å². The van der Waals surface area contributed by atoms with Crippen molar-refractivity contribution in [3.05, 3.63) is 24.3 Å². The highest BCUT2D eigenvalue weighted by Gasteiger charge is 2.17. The van der Waals surface area contributed by atoms with Gasteiger partial charge in [0.05, 0.1) is 11.7 Å². The van der Waals surface area contributed by atoms with Crippen molar-refractivity contribution >= 4 is 11.6 Å². The number of para-hydroxylation sites is 2. The third kappa shape index (κ3) is 2.95. The highest BCUT2D eigenvalue weighted by Crippen LogP contribution is 2.21. The Bertz CT molecular complexity index is 350. The SMILES string of the molecule is CC(C)[C@H](N)C(=O)Nc1ccccc1O. The molecule has 0 saturated heterocycles. The van der Waals surface area contributed by atoms with Crippen molar-refractivity contribution < 1.29 is 9.90 Å². The standard InChI is InChI=1S/C11H16N2O2/c1-7(2)10(12)11(15)13-8-5-3-4-6-9(8)14/h3-7,10,14H,12H2,1-2H3,(H,13,15)/t10-/m0/s1. The van der Waals surface area contributed by atoms with Gasteiger partial charge >= 0.3 is 0 Å². The lowest BCUT2D eigenvalue weighted by molar-refractivity contribution is -0.118. The van der Waals surface area contributed by atoms with Gasteiger partial charge in [-0.3, -0.25) is 4.79 Å². The van der Waals surface area contributed by atoms with Crippen molar-refractivity contribution in [2.45, 2.75) is 19.9 Å². The second-order valence-electron chi connectivity index (χ2n) is 3.78. The van der Waals surface area contributed by atoms with E-state index in [0.717, 1.165) is 0 Å². The zero-order valence-electron chi connectivity index (χ0n) is 8.90. The predicted molar refractivity (Wildman–Crippen MR) is 59.5 cm³/mol. The molecule has 0 saturated carbocycles. The molecule has 0 radical (unpaired) electrons. The van der Waals surface area contributed by atoms with Crippen LogP contribution in [0.1, 0.15) is 13.8 Å². The maximum atomic E-state index is 11.6. The van der Waals surface area contributed by atoms with Crippen molar-refractivity contribution in [2.75, 3.05) is 5.32 Å². The van der Waals surface area contributed by atoms with E-state index in [0.29, 0.717) is 5.69 Å². The molecule has 1 aromatic carbocycles. The Labute approximate surface area is 89.1 Å². The molecule has 0 fully saturated rings. The maximum absolute atomic E-state index is 11.6. The number of benzene rings is 1. The maximum Gasteiger partial charge on any atom is 0.241 e. The number of phenols is 1. The third-order valence-corrected chi connectivity index (χ3v) is 2.18. The number of phenolic OH excluding ortho intramolecular Hbond substituents is 1. The fourth-order valence-electron chi connectivity index (χ4n) is 1.10. The molecule has 0 spiro atoms. The molecular weight excluding hydrogens is 192 g/mol. The number of hydrogen-bond acceptors (Lipinski definition) is 3. The van der Waals surface area contributed by atoms with E-state index in [1.54, 1.807) is 18.2 Å². The number of carbonyl (C=O) groups excluding carboxylic acids is 1. The quantitative estimate of drug-likeness (QED) is 0.656. The summed E-state index contributed by atoms with van der Waals surface area (Å²) >= 11 is 0. The van der Waals surface area contributed by atoms with E-state index in [4.69, 9.17) is 5.73 Å². The summed E-state index contributed by atoms with van der Waals surface area (Å²) in [7, 11) is 0. The molecule has 1 rings (SSSR count). The summed E-state index contributed by atoms with van der Waals surface area (Å²) in [5, 5.41) is 12.0. The molecule has 1 aromatic rings. The van der Waals surface area contributed by atoms with Gasteiger partial charge in [-0.2, -0.15) is 0 Å². The van der Waals surface area contributed by atoms with E-state index in [1.807, 2.05) is 13.8 Å². The minimum atomic E-state index is -0.565. The Morgan fingerprint density at radius 3 is 2.53 bits per heavy atom. The van der Waals surface area contributed by atoms with Crippen LogP contribution in [0.5, 0.6) is 5.75 Å². The summed E-state index contributed by atoms with van der Waals surface area (Å²) in [6.45, 7) is 3.74. The summed E-state index contributed by atoms with van der Waals surface area (Å²) in [5.41, 5.74) is 6.05. The van der Waals surface area contributed by atoms with E-state index in [1.165, 1.54) is 6.07 Å². The fraction of sp³-hybridized carbons (Fsp3) is 0.364. The molecule has 15 heavy (non-hydrogen) atoms. The van der Waals surface area contributed by atoms with Gasteiger partial charge in [0.25, 0.3) is 0 Å². The van der Waals surface area contributed by atoms with Crippen LogP contribution in [0.4, 0.5) is 5.69 Å². The number of anilines is 1. The van der Waals surface area contributed by atoms with Crippen LogP contribution in [0.15, 0.2) is 24.3 Å². The highest BCUT2D eigenvalue weighted by atomic mass is 16.3. The molecule has 4 nitrogen and oxygen atoms in total. The first-order valence-corrected chi connectivity index (χ1v) is 4.87. The van der Waals surface area contributed by atoms with E-state index >= 15 is 0 Å². The monoisotopic (exact) mass is 208 g/mol. The van der Waals surface area contributed by atoms with Crippen molar-refractivity contribution in [3.8, 4) is 5.75 Å². The number of aromatic hydroxyl groups is 1. The number of carbonyl (C=O) groups is 1. The summed E-state index contributed by atoms with van der Waals surface area (Å²) in [5.74, 6) is -0.177. The lowest BCUT2D eigenvalue weighted by atomic mass is 10.0. The highest BCUT2D eigenvalue weighted by molar-refractivity contribution is 5.95. The Kier molecular flexibility index (Phi) is 3.68. The van der Waals surface area contributed by atoms with Gasteiger partial charge in [-0.25, -0.2) is 0 Å². The molecule has 4 N–H and O–H groups in total. The van der Waals surface area contributed by atoms with Crippen LogP contribution in [0.3, 0.4) is 0 Å². The molecule has 1 atom stereocenters. The lowest BCUT2D eigenvalue weighted by Gasteiger charge is -2.15. The van der Waals surface area contributed by atoms with Gasteiger partial charge in [0.1, 0.15) is 5.75 Å². The zero-order valence-corrected chi connectivity index (χ0v) is 8.90. The van der Waals surface area contributed by atoms with Crippen molar-refractivity contribution in [1.29, 1.82) is 0 Å². The summed E-state index contributed by atoms with van der Waals surface area (Å²) < 4.78 is 0. The Morgan fingerprint density at radius 1 is 1.40 bits per heavy atom. The predicted octanol–water partition coefficient (Wildman–Crippen LogP) is 1.31. The molecular formula is C11H16N2O2. The van der Waals surface area contributed by atoms with E-state index in [9.17, 15) is 9.90 Å². The second-order valence-corrected chi connectivity index (χ2v) is 3.78. The molecule has 0 bridgehead atoms. The summed E-state index contributed by atoms with van der Waals surface area (Å²) in [6, 6.07) is 5.99. The Hall–Kier alpha value is -1.55. The van der Waals surface area contributed by atoms with Gasteiger partial charge in [-0.1, -0.05) is 26.0 Å². The first kappa shape index (κ1) is 11.5. The molecule has 0 heterocycles. The van der Waals surface area contributed by atoms with Crippen LogP contribution in [0, 0.1) is 5.92 Å². The second kappa shape index (κ2) is 4.79. The molecule has 0 aromatic heterocycles. The number of amides is 1. The van der Waals surface area contributed by atoms with E-state index < -0.39 is 6.04 Å². The minimum Gasteiger partial charge on any atom is -0.506 e. The van der Waals surface area contributed by atoms with E-state index in [-0.39, 0.29) is 17.6 Å². The number of hydrogen-bond donors (Lipinski definition) is 3. The first-order chi connectivity index (χ1) is 7.02. The molecule has 0 aliphatic rings. The van der Waals surface area contributed by atoms with Crippen LogP contribution >= 0.6 is 0 Å². The molecule has 1 amide bonds. The van der Waals surface area contributed by atoms with Gasteiger partial charge in [-0.05, 0) is 18.1 Å². The minimum absolute atomic E-state index is 0.0433. The Balaban J connectivity index is 2.71. The summed E-state index contributed by atoms with van der Waals surface area (Å²) in [6.07, 6.45) is 0. The van der Waals surface area contributed by atoms with Gasteiger partial charge < -0.3 is 16.2 Å². The average Bonchev–Trinajstić information content (AvgIpc) is 2.20. The van der Waals surface area contributed by atoms with Gasteiger partial charge in [-0.15, -0.1) is 0 Å². The fourth-order valence-corrected chi connectivity index (χ4v) is 1.10. The number of nitrogens with two attached hydrogens (primary N) is 1. The van der Waals surface area contributed by atoms with Gasteiger partial charge in [0.2, 0.25) is 5.91 Å². The van der Waals surface area contributed by atoms with E-state index in [2.05, 4.69) is 5.32 Å². The van der Waals surface area contributed by atoms with Gasteiger partial charge in [0, 0.05) is 0 Å². The van der Waals surface area contributed by atoms with Gasteiger partial charge in [0.15, 0.2) is 0 Å². The lowest BCUT2D eigenvalue weighted by Crippen LogP contribution is -2.39. The third-order valence-electron chi connectivity index (χ3n) is 2.18. The number of nitrogens with one attached hydrogen (secondary N) is 1. The smallest absolute Gasteiger partial charge is 0.241 e. The Morgan fingerprint density at radius 2 is 2.00 bits per heavy atom. The molecule has 0 aliphatic carbocycles. The first-order valence-electron chi connectivity index (χ1n) is 4.87. The molecule has 4 heteroatoms.